The zero-order valence-electron chi connectivity index (χ0n) is 10.6. The molecule has 2 aromatic rings. The first-order chi connectivity index (χ1) is 9.61. The van der Waals surface area contributed by atoms with Crippen LogP contribution in [0.3, 0.4) is 0 Å². The molecule has 0 aliphatic carbocycles. The summed E-state index contributed by atoms with van der Waals surface area (Å²) >= 11 is 0. The average Bonchev–Trinajstić information content (AvgIpc) is 2.90. The standard InChI is InChI=1S/C14H11N3O3/c1-7-5-10-12(14(18)17-7)11(9-3-2-4-19-9)8(6-15)13(16)20-10/h2-5,11H,16H2,1H3,(H,17,18)/t11-/m0/s1. The number of aryl methyl sites for hydroxylation is 1. The molecular formula is C14H11N3O3. The van der Waals surface area contributed by atoms with Crippen molar-refractivity contribution in [3.05, 3.63) is 63.3 Å². The number of hydrogen-bond donors (Lipinski definition) is 2. The van der Waals surface area contributed by atoms with Gasteiger partial charge in [0.2, 0.25) is 5.88 Å². The molecule has 0 aromatic carbocycles. The number of H-pyrrole nitrogens is 1. The summed E-state index contributed by atoms with van der Waals surface area (Å²) in [5, 5.41) is 9.28. The predicted molar refractivity (Wildman–Crippen MR) is 69.8 cm³/mol. The number of furan rings is 1. The molecule has 0 fully saturated rings. The Hall–Kier alpha value is -2.94. The molecular weight excluding hydrogens is 258 g/mol. The number of nitrogens with one attached hydrogen (secondary N) is 1. The van der Waals surface area contributed by atoms with E-state index in [-0.39, 0.29) is 17.0 Å². The molecule has 1 aliphatic heterocycles. The zero-order valence-corrected chi connectivity index (χ0v) is 10.6. The molecule has 0 amide bonds. The van der Waals surface area contributed by atoms with Gasteiger partial charge < -0.3 is 19.9 Å². The molecule has 3 rings (SSSR count). The molecule has 3 N–H and O–H groups in total. The van der Waals surface area contributed by atoms with E-state index in [1.165, 1.54) is 6.26 Å². The summed E-state index contributed by atoms with van der Waals surface area (Å²) in [6, 6.07) is 7.06. The summed E-state index contributed by atoms with van der Waals surface area (Å²) in [6.07, 6.45) is 1.48. The van der Waals surface area contributed by atoms with Crippen LogP contribution in [0.15, 0.2) is 45.1 Å². The van der Waals surface area contributed by atoms with Crippen molar-refractivity contribution in [1.29, 1.82) is 5.26 Å². The van der Waals surface area contributed by atoms with Crippen LogP contribution in [-0.4, -0.2) is 4.98 Å². The second-order valence-corrected chi connectivity index (χ2v) is 4.50. The number of pyridine rings is 1. The minimum Gasteiger partial charge on any atom is -0.468 e. The highest BCUT2D eigenvalue weighted by molar-refractivity contribution is 5.53. The van der Waals surface area contributed by atoms with Crippen molar-refractivity contribution in [2.24, 2.45) is 5.73 Å². The topological polar surface area (TPSA) is 105 Å². The van der Waals surface area contributed by atoms with Crippen LogP contribution < -0.4 is 16.0 Å². The lowest BCUT2D eigenvalue weighted by Crippen LogP contribution is -2.27. The number of ether oxygens (including phenoxy) is 1. The number of nitrogens with zero attached hydrogens (tertiary/aromatic N) is 1. The zero-order chi connectivity index (χ0) is 14.3. The number of nitriles is 1. The summed E-state index contributed by atoms with van der Waals surface area (Å²) in [6.45, 7) is 1.74. The first-order valence-corrected chi connectivity index (χ1v) is 5.96. The van der Waals surface area contributed by atoms with E-state index in [0.29, 0.717) is 22.8 Å². The van der Waals surface area contributed by atoms with E-state index < -0.39 is 5.92 Å². The predicted octanol–water partition coefficient (Wildman–Crippen LogP) is 1.49. The Morgan fingerprint density at radius 3 is 2.95 bits per heavy atom. The van der Waals surface area contributed by atoms with Crippen molar-refractivity contribution in [1.82, 2.24) is 4.98 Å². The van der Waals surface area contributed by atoms with Gasteiger partial charge in [0.1, 0.15) is 23.2 Å². The van der Waals surface area contributed by atoms with Gasteiger partial charge in [0, 0.05) is 11.8 Å². The molecule has 0 saturated carbocycles. The molecule has 100 valence electrons. The Labute approximate surface area is 114 Å². The molecule has 3 heterocycles. The van der Waals surface area contributed by atoms with Gasteiger partial charge in [0.05, 0.1) is 17.7 Å². The largest absolute Gasteiger partial charge is 0.468 e. The number of aromatic amines is 1. The van der Waals surface area contributed by atoms with E-state index in [2.05, 4.69) is 4.98 Å². The number of nitrogens with two attached hydrogens (primary N) is 1. The van der Waals surface area contributed by atoms with E-state index in [9.17, 15) is 10.1 Å². The van der Waals surface area contributed by atoms with Gasteiger partial charge in [-0.3, -0.25) is 4.79 Å². The molecule has 6 nitrogen and oxygen atoms in total. The third-order valence-electron chi connectivity index (χ3n) is 3.18. The molecule has 1 atom stereocenters. The highest BCUT2D eigenvalue weighted by Gasteiger charge is 2.34. The monoisotopic (exact) mass is 269 g/mol. The van der Waals surface area contributed by atoms with Crippen molar-refractivity contribution >= 4 is 0 Å². The van der Waals surface area contributed by atoms with Gasteiger partial charge in [-0.15, -0.1) is 0 Å². The van der Waals surface area contributed by atoms with Gasteiger partial charge in [-0.05, 0) is 19.1 Å². The molecule has 6 heteroatoms. The first kappa shape index (κ1) is 12.1. The van der Waals surface area contributed by atoms with Crippen LogP contribution in [0.1, 0.15) is 22.9 Å². The van der Waals surface area contributed by atoms with Crippen LogP contribution in [-0.2, 0) is 0 Å². The Balaban J connectivity index is 2.32. The van der Waals surface area contributed by atoms with Crippen LogP contribution >= 0.6 is 0 Å². The van der Waals surface area contributed by atoms with Gasteiger partial charge >= 0.3 is 0 Å². The summed E-state index contributed by atoms with van der Waals surface area (Å²) in [5.41, 5.74) is 6.62. The van der Waals surface area contributed by atoms with Crippen molar-refractivity contribution in [2.45, 2.75) is 12.8 Å². The Morgan fingerprint density at radius 1 is 1.50 bits per heavy atom. The fraction of sp³-hybridized carbons (Fsp3) is 0.143. The second kappa shape index (κ2) is 4.31. The Morgan fingerprint density at radius 2 is 2.30 bits per heavy atom. The van der Waals surface area contributed by atoms with Crippen LogP contribution in [0.4, 0.5) is 0 Å². The number of fused-ring (bicyclic) bond motifs is 1. The fourth-order valence-corrected chi connectivity index (χ4v) is 2.35. The molecule has 0 spiro atoms. The average molecular weight is 269 g/mol. The maximum Gasteiger partial charge on any atom is 0.256 e. The minimum atomic E-state index is -0.650. The maximum atomic E-state index is 12.2. The lowest BCUT2D eigenvalue weighted by Gasteiger charge is -2.23. The summed E-state index contributed by atoms with van der Waals surface area (Å²) in [7, 11) is 0. The number of hydrogen-bond acceptors (Lipinski definition) is 5. The van der Waals surface area contributed by atoms with Crippen LogP contribution in [0.2, 0.25) is 0 Å². The lowest BCUT2D eigenvalue weighted by atomic mass is 9.88. The van der Waals surface area contributed by atoms with Gasteiger partial charge in [-0.2, -0.15) is 5.26 Å². The van der Waals surface area contributed by atoms with Gasteiger partial charge in [-0.1, -0.05) is 0 Å². The molecule has 0 saturated heterocycles. The van der Waals surface area contributed by atoms with Crippen LogP contribution in [0.25, 0.3) is 0 Å². The quantitative estimate of drug-likeness (QED) is 0.816. The highest BCUT2D eigenvalue weighted by Crippen LogP contribution is 2.40. The Bertz CT molecular complexity index is 794. The number of rotatable bonds is 1. The van der Waals surface area contributed by atoms with E-state index >= 15 is 0 Å². The van der Waals surface area contributed by atoms with Crippen molar-refractivity contribution < 1.29 is 9.15 Å². The third kappa shape index (κ3) is 1.68. The summed E-state index contributed by atoms with van der Waals surface area (Å²) in [4.78, 5) is 14.9. The SMILES string of the molecule is Cc1cc2c(c(=O)[nH]1)[C@H](c1ccco1)C(C#N)=C(N)O2. The molecule has 0 bridgehead atoms. The van der Waals surface area contributed by atoms with Crippen molar-refractivity contribution in [3.8, 4) is 11.8 Å². The van der Waals surface area contributed by atoms with Crippen LogP contribution in [0.5, 0.6) is 5.75 Å². The lowest BCUT2D eigenvalue weighted by molar-refractivity contribution is 0.381. The summed E-state index contributed by atoms with van der Waals surface area (Å²) < 4.78 is 10.7. The smallest absolute Gasteiger partial charge is 0.256 e. The molecule has 0 radical (unpaired) electrons. The summed E-state index contributed by atoms with van der Waals surface area (Å²) in [5.74, 6) is 0.169. The normalized spacial score (nSPS) is 17.3. The second-order valence-electron chi connectivity index (χ2n) is 4.50. The van der Waals surface area contributed by atoms with Crippen molar-refractivity contribution in [2.75, 3.05) is 0 Å². The fourth-order valence-electron chi connectivity index (χ4n) is 2.35. The molecule has 1 aliphatic rings. The number of allylic oxidation sites excluding steroid dienone is 1. The first-order valence-electron chi connectivity index (χ1n) is 5.96. The van der Waals surface area contributed by atoms with E-state index in [0.717, 1.165) is 0 Å². The van der Waals surface area contributed by atoms with Gasteiger partial charge in [0.15, 0.2) is 0 Å². The minimum absolute atomic E-state index is 0.00796. The number of aromatic nitrogens is 1. The molecule has 2 aromatic heterocycles. The molecule has 0 unspecified atom stereocenters. The Kier molecular flexibility index (Phi) is 2.61. The van der Waals surface area contributed by atoms with E-state index in [1.54, 1.807) is 25.1 Å². The van der Waals surface area contributed by atoms with E-state index in [1.807, 2.05) is 6.07 Å². The van der Waals surface area contributed by atoms with Crippen LogP contribution in [0, 0.1) is 18.3 Å². The van der Waals surface area contributed by atoms with Gasteiger partial charge in [0.25, 0.3) is 5.56 Å². The van der Waals surface area contributed by atoms with E-state index in [4.69, 9.17) is 14.9 Å². The van der Waals surface area contributed by atoms with Crippen molar-refractivity contribution in [3.63, 3.8) is 0 Å². The maximum absolute atomic E-state index is 12.2. The third-order valence-corrected chi connectivity index (χ3v) is 3.18. The highest BCUT2D eigenvalue weighted by atomic mass is 16.5. The van der Waals surface area contributed by atoms with Gasteiger partial charge in [-0.25, -0.2) is 0 Å². The molecule has 20 heavy (non-hydrogen) atoms.